The number of aliphatic carboxylic acids is 1. The van der Waals surface area contributed by atoms with E-state index in [-0.39, 0.29) is 12.6 Å². The average molecular weight is 291 g/mol. The van der Waals surface area contributed by atoms with Crippen LogP contribution in [0.3, 0.4) is 0 Å². The van der Waals surface area contributed by atoms with E-state index in [1.165, 1.54) is 23.3 Å². The van der Waals surface area contributed by atoms with Crippen molar-refractivity contribution >= 4 is 17.7 Å². The smallest absolute Gasteiger partial charge is 0.317 e. The van der Waals surface area contributed by atoms with Gasteiger partial charge in [-0.15, -0.1) is 11.8 Å². The highest BCUT2D eigenvalue weighted by atomic mass is 32.2. The molecule has 0 saturated heterocycles. The normalized spacial score (nSPS) is 22.9. The summed E-state index contributed by atoms with van der Waals surface area (Å²) < 4.78 is 0. The van der Waals surface area contributed by atoms with Gasteiger partial charge in [-0.3, -0.25) is 9.69 Å². The van der Waals surface area contributed by atoms with Gasteiger partial charge in [0.1, 0.15) is 0 Å². The van der Waals surface area contributed by atoms with Crippen LogP contribution in [-0.2, 0) is 4.79 Å². The van der Waals surface area contributed by atoms with Crippen LogP contribution in [0.15, 0.2) is 29.2 Å². The van der Waals surface area contributed by atoms with Crippen molar-refractivity contribution in [3.63, 3.8) is 0 Å². The zero-order valence-corrected chi connectivity index (χ0v) is 12.4. The summed E-state index contributed by atoms with van der Waals surface area (Å²) in [5.74, 6) is 0.387. The summed E-state index contributed by atoms with van der Waals surface area (Å²) in [6.45, 7) is 0.175. The van der Waals surface area contributed by atoms with Gasteiger partial charge in [-0.05, 0) is 36.6 Å². The molecule has 1 fully saturated rings. The Hall–Kier alpha value is -1.00. The third-order valence-electron chi connectivity index (χ3n) is 4.44. The first-order chi connectivity index (χ1) is 9.75. The van der Waals surface area contributed by atoms with Crippen LogP contribution in [0.1, 0.15) is 43.7 Å². The standard InChI is InChI=1S/C16H21NO2S/c18-16(19)11-17(12-5-1-2-6-12)14-9-10-20-15-8-4-3-7-13(14)15/h3-4,7-8,12,14H,1-2,5-6,9-11H2,(H,18,19). The molecule has 1 N–H and O–H groups in total. The third kappa shape index (κ3) is 2.86. The molecule has 0 bridgehead atoms. The van der Waals surface area contributed by atoms with Gasteiger partial charge in [0.2, 0.25) is 0 Å². The van der Waals surface area contributed by atoms with Crippen molar-refractivity contribution in [2.75, 3.05) is 12.3 Å². The maximum Gasteiger partial charge on any atom is 0.317 e. The number of benzene rings is 1. The molecule has 1 aliphatic carbocycles. The molecule has 2 aliphatic rings. The molecule has 108 valence electrons. The molecule has 4 heteroatoms. The first-order valence-electron chi connectivity index (χ1n) is 7.45. The summed E-state index contributed by atoms with van der Waals surface area (Å²) >= 11 is 1.90. The lowest BCUT2D eigenvalue weighted by atomic mass is 9.99. The van der Waals surface area contributed by atoms with Crippen LogP contribution < -0.4 is 0 Å². The molecule has 3 nitrogen and oxygen atoms in total. The fourth-order valence-corrected chi connectivity index (χ4v) is 4.66. The van der Waals surface area contributed by atoms with Gasteiger partial charge < -0.3 is 5.11 Å². The minimum Gasteiger partial charge on any atom is -0.480 e. The molecule has 1 unspecified atom stereocenters. The van der Waals surface area contributed by atoms with Gasteiger partial charge in [-0.1, -0.05) is 31.0 Å². The maximum absolute atomic E-state index is 11.3. The Morgan fingerprint density at radius 1 is 1.25 bits per heavy atom. The summed E-state index contributed by atoms with van der Waals surface area (Å²) in [6.07, 6.45) is 5.84. The molecule has 0 radical (unpaired) electrons. The van der Waals surface area contributed by atoms with E-state index in [0.29, 0.717) is 6.04 Å². The van der Waals surface area contributed by atoms with E-state index in [1.807, 2.05) is 11.8 Å². The Bertz CT molecular complexity index is 485. The predicted molar refractivity (Wildman–Crippen MR) is 81.1 cm³/mol. The van der Waals surface area contributed by atoms with Crippen molar-refractivity contribution in [2.24, 2.45) is 0 Å². The largest absolute Gasteiger partial charge is 0.480 e. The van der Waals surface area contributed by atoms with Gasteiger partial charge in [0, 0.05) is 17.0 Å². The summed E-state index contributed by atoms with van der Waals surface area (Å²) in [4.78, 5) is 14.9. The Labute approximate surface area is 124 Å². The van der Waals surface area contributed by atoms with Crippen molar-refractivity contribution in [1.82, 2.24) is 4.90 Å². The number of hydrogen-bond donors (Lipinski definition) is 1. The van der Waals surface area contributed by atoms with Gasteiger partial charge in [0.25, 0.3) is 0 Å². The highest BCUT2D eigenvalue weighted by molar-refractivity contribution is 7.99. The second-order valence-corrected chi connectivity index (χ2v) is 6.83. The van der Waals surface area contributed by atoms with Crippen molar-refractivity contribution in [3.05, 3.63) is 29.8 Å². The lowest BCUT2D eigenvalue weighted by Gasteiger charge is -2.38. The highest BCUT2D eigenvalue weighted by Crippen LogP contribution is 2.41. The van der Waals surface area contributed by atoms with Crippen molar-refractivity contribution in [3.8, 4) is 0 Å². The molecule has 1 aromatic rings. The van der Waals surface area contributed by atoms with Crippen molar-refractivity contribution < 1.29 is 9.90 Å². The molecular weight excluding hydrogens is 270 g/mol. The predicted octanol–water partition coefficient (Wildman–Crippen LogP) is 3.55. The average Bonchev–Trinajstić information content (AvgIpc) is 2.98. The van der Waals surface area contributed by atoms with Crippen LogP contribution in [0.2, 0.25) is 0 Å². The van der Waals surface area contributed by atoms with Gasteiger partial charge >= 0.3 is 5.97 Å². The lowest BCUT2D eigenvalue weighted by Crippen LogP contribution is -2.41. The minimum atomic E-state index is -0.701. The maximum atomic E-state index is 11.3. The molecule has 1 aromatic carbocycles. The fourth-order valence-electron chi connectivity index (χ4n) is 3.55. The topological polar surface area (TPSA) is 40.5 Å². The highest BCUT2D eigenvalue weighted by Gasteiger charge is 2.33. The molecule has 1 saturated carbocycles. The van der Waals surface area contributed by atoms with Gasteiger partial charge in [0.15, 0.2) is 0 Å². The Balaban J connectivity index is 1.89. The Morgan fingerprint density at radius 2 is 2.00 bits per heavy atom. The molecule has 3 rings (SSSR count). The first-order valence-corrected chi connectivity index (χ1v) is 8.43. The van der Waals surface area contributed by atoms with Crippen LogP contribution in [0.5, 0.6) is 0 Å². The molecule has 0 spiro atoms. The molecular formula is C16H21NO2S. The van der Waals surface area contributed by atoms with Gasteiger partial charge in [-0.25, -0.2) is 0 Å². The summed E-state index contributed by atoms with van der Waals surface area (Å²) in [5, 5.41) is 9.28. The summed E-state index contributed by atoms with van der Waals surface area (Å²) in [5.41, 5.74) is 1.33. The van der Waals surface area contributed by atoms with Crippen LogP contribution >= 0.6 is 11.8 Å². The Morgan fingerprint density at radius 3 is 2.75 bits per heavy atom. The van der Waals surface area contributed by atoms with E-state index >= 15 is 0 Å². The number of nitrogens with zero attached hydrogens (tertiary/aromatic N) is 1. The van der Waals surface area contributed by atoms with E-state index in [4.69, 9.17) is 0 Å². The molecule has 20 heavy (non-hydrogen) atoms. The zero-order chi connectivity index (χ0) is 13.9. The van der Waals surface area contributed by atoms with Crippen molar-refractivity contribution in [1.29, 1.82) is 0 Å². The summed E-state index contributed by atoms with van der Waals surface area (Å²) in [7, 11) is 0. The lowest BCUT2D eigenvalue weighted by molar-refractivity contribution is -0.139. The Kier molecular flexibility index (Phi) is 4.32. The first kappa shape index (κ1) is 14.0. The molecule has 1 heterocycles. The quantitative estimate of drug-likeness (QED) is 0.921. The van der Waals surface area contributed by atoms with Crippen molar-refractivity contribution in [2.45, 2.75) is 49.1 Å². The van der Waals surface area contributed by atoms with E-state index in [1.54, 1.807) is 0 Å². The monoisotopic (exact) mass is 291 g/mol. The molecule has 0 aromatic heterocycles. The number of thioether (sulfide) groups is 1. The van der Waals surface area contributed by atoms with Crippen LogP contribution in [0, 0.1) is 0 Å². The SMILES string of the molecule is O=C(O)CN(C1CCCC1)C1CCSc2ccccc21. The number of carboxylic acids is 1. The molecule has 0 amide bonds. The number of carboxylic acid groups (broad SMARTS) is 1. The summed E-state index contributed by atoms with van der Waals surface area (Å²) in [6, 6.07) is 9.23. The van der Waals surface area contributed by atoms with E-state index in [2.05, 4.69) is 29.2 Å². The van der Waals surface area contributed by atoms with Gasteiger partial charge in [0.05, 0.1) is 6.54 Å². The van der Waals surface area contributed by atoms with Crippen LogP contribution in [-0.4, -0.2) is 34.3 Å². The fraction of sp³-hybridized carbons (Fsp3) is 0.562. The molecule has 1 atom stereocenters. The number of fused-ring (bicyclic) bond motifs is 1. The van der Waals surface area contributed by atoms with Crippen LogP contribution in [0.25, 0.3) is 0 Å². The number of carbonyl (C=O) groups is 1. The minimum absolute atomic E-state index is 0.175. The second-order valence-electron chi connectivity index (χ2n) is 5.70. The molecule has 1 aliphatic heterocycles. The van der Waals surface area contributed by atoms with Crippen LogP contribution in [0.4, 0.5) is 0 Å². The van der Waals surface area contributed by atoms with Gasteiger partial charge in [-0.2, -0.15) is 0 Å². The third-order valence-corrected chi connectivity index (χ3v) is 5.56. The van der Waals surface area contributed by atoms with E-state index in [9.17, 15) is 9.90 Å². The number of hydrogen-bond acceptors (Lipinski definition) is 3. The van der Waals surface area contributed by atoms with E-state index in [0.717, 1.165) is 25.0 Å². The second kappa shape index (κ2) is 6.19. The van der Waals surface area contributed by atoms with E-state index < -0.39 is 5.97 Å². The number of rotatable bonds is 4. The zero-order valence-electron chi connectivity index (χ0n) is 11.6.